The largest absolute Gasteiger partial charge is 0.384 e. The molecule has 17 heavy (non-hydrogen) atoms. The summed E-state index contributed by atoms with van der Waals surface area (Å²) in [5.74, 6) is 0.658. The van der Waals surface area contributed by atoms with Gasteiger partial charge >= 0.3 is 0 Å². The third kappa shape index (κ3) is 2.37. The van der Waals surface area contributed by atoms with E-state index in [4.69, 9.17) is 11.0 Å². The van der Waals surface area contributed by atoms with E-state index in [0.29, 0.717) is 17.9 Å². The van der Waals surface area contributed by atoms with Gasteiger partial charge in [-0.25, -0.2) is 0 Å². The maximum Gasteiger partial charge on any atom is 0.126 e. The quantitative estimate of drug-likeness (QED) is 0.832. The number of rotatable bonds is 3. The lowest BCUT2D eigenvalue weighted by Crippen LogP contribution is -2.03. The van der Waals surface area contributed by atoms with Gasteiger partial charge < -0.3 is 11.1 Å². The van der Waals surface area contributed by atoms with Crippen LogP contribution in [0.5, 0.6) is 0 Å². The van der Waals surface area contributed by atoms with Gasteiger partial charge in [0, 0.05) is 24.8 Å². The van der Waals surface area contributed by atoms with Crippen molar-refractivity contribution in [2.45, 2.75) is 6.54 Å². The summed E-state index contributed by atoms with van der Waals surface area (Å²) in [6.07, 6.45) is 1.74. The van der Waals surface area contributed by atoms with Crippen molar-refractivity contribution in [3.05, 3.63) is 41.6 Å². The third-order valence-electron chi connectivity index (χ3n) is 2.56. The summed E-state index contributed by atoms with van der Waals surface area (Å²) < 4.78 is 1.63. The molecular formula is C12H13N5. The van der Waals surface area contributed by atoms with Crippen LogP contribution >= 0.6 is 0 Å². The van der Waals surface area contributed by atoms with Gasteiger partial charge in [0.25, 0.3) is 0 Å². The molecule has 5 heteroatoms. The summed E-state index contributed by atoms with van der Waals surface area (Å²) in [6, 6.07) is 9.36. The predicted molar refractivity (Wildman–Crippen MR) is 66.1 cm³/mol. The van der Waals surface area contributed by atoms with Crippen molar-refractivity contribution in [1.29, 1.82) is 5.26 Å². The fourth-order valence-corrected chi connectivity index (χ4v) is 1.49. The zero-order valence-electron chi connectivity index (χ0n) is 9.51. The molecule has 0 atom stereocenters. The van der Waals surface area contributed by atoms with Gasteiger partial charge in [-0.15, -0.1) is 0 Å². The van der Waals surface area contributed by atoms with E-state index in [1.807, 2.05) is 12.1 Å². The highest BCUT2D eigenvalue weighted by Gasteiger charge is 2.03. The number of aromatic nitrogens is 2. The number of benzene rings is 1. The van der Waals surface area contributed by atoms with Crippen LogP contribution in [-0.4, -0.2) is 9.78 Å². The first-order chi connectivity index (χ1) is 8.20. The number of anilines is 2. The van der Waals surface area contributed by atoms with Gasteiger partial charge in [-0.2, -0.15) is 10.4 Å². The SMILES string of the molecule is Cn1ncc(CNc2ccc(C#N)cc2)c1N. The molecule has 0 unspecified atom stereocenters. The Morgan fingerprint density at radius 3 is 2.65 bits per heavy atom. The van der Waals surface area contributed by atoms with Crippen LogP contribution in [0.15, 0.2) is 30.5 Å². The van der Waals surface area contributed by atoms with Gasteiger partial charge in [0.15, 0.2) is 0 Å². The summed E-state index contributed by atoms with van der Waals surface area (Å²) >= 11 is 0. The lowest BCUT2D eigenvalue weighted by molar-refractivity contribution is 0.778. The summed E-state index contributed by atoms with van der Waals surface area (Å²) in [5.41, 5.74) is 8.39. The highest BCUT2D eigenvalue weighted by molar-refractivity contribution is 5.49. The number of nitriles is 1. The highest BCUT2D eigenvalue weighted by atomic mass is 15.3. The van der Waals surface area contributed by atoms with Crippen molar-refractivity contribution in [2.75, 3.05) is 11.1 Å². The van der Waals surface area contributed by atoms with Crippen molar-refractivity contribution in [2.24, 2.45) is 7.05 Å². The fourth-order valence-electron chi connectivity index (χ4n) is 1.49. The monoisotopic (exact) mass is 227 g/mol. The Morgan fingerprint density at radius 1 is 1.41 bits per heavy atom. The molecule has 5 nitrogen and oxygen atoms in total. The van der Waals surface area contributed by atoms with Crippen LogP contribution in [0, 0.1) is 11.3 Å². The van der Waals surface area contributed by atoms with Crippen LogP contribution in [0.4, 0.5) is 11.5 Å². The lowest BCUT2D eigenvalue weighted by atomic mass is 10.2. The Hall–Kier alpha value is -2.48. The van der Waals surface area contributed by atoms with Gasteiger partial charge in [0.2, 0.25) is 0 Å². The van der Waals surface area contributed by atoms with Gasteiger partial charge in [0.05, 0.1) is 17.8 Å². The second kappa shape index (κ2) is 4.58. The zero-order chi connectivity index (χ0) is 12.3. The molecule has 0 amide bonds. The Kier molecular flexibility index (Phi) is 2.97. The average molecular weight is 227 g/mol. The van der Waals surface area contributed by atoms with Crippen molar-refractivity contribution in [3.8, 4) is 6.07 Å². The van der Waals surface area contributed by atoms with Gasteiger partial charge in [-0.1, -0.05) is 0 Å². The minimum atomic E-state index is 0.617. The van der Waals surface area contributed by atoms with Crippen molar-refractivity contribution >= 4 is 11.5 Å². The lowest BCUT2D eigenvalue weighted by Gasteiger charge is -2.05. The number of aryl methyl sites for hydroxylation is 1. The van der Waals surface area contributed by atoms with E-state index in [2.05, 4.69) is 16.5 Å². The second-order valence-corrected chi connectivity index (χ2v) is 3.72. The number of nitrogens with zero attached hydrogens (tertiary/aromatic N) is 3. The number of nitrogens with two attached hydrogens (primary N) is 1. The van der Waals surface area contributed by atoms with E-state index >= 15 is 0 Å². The highest BCUT2D eigenvalue weighted by Crippen LogP contribution is 2.13. The molecule has 2 rings (SSSR count). The molecule has 86 valence electrons. The third-order valence-corrected chi connectivity index (χ3v) is 2.56. The summed E-state index contributed by atoms with van der Waals surface area (Å²) in [7, 11) is 1.81. The normalized spacial score (nSPS) is 9.88. The first kappa shape index (κ1) is 11.0. The van der Waals surface area contributed by atoms with E-state index in [1.165, 1.54) is 0 Å². The number of hydrogen-bond donors (Lipinski definition) is 2. The van der Waals surface area contributed by atoms with Gasteiger partial charge in [-0.05, 0) is 24.3 Å². The molecule has 0 saturated heterocycles. The first-order valence-corrected chi connectivity index (χ1v) is 5.21. The second-order valence-electron chi connectivity index (χ2n) is 3.72. The minimum absolute atomic E-state index is 0.617. The maximum atomic E-state index is 8.68. The van der Waals surface area contributed by atoms with Crippen LogP contribution in [0.25, 0.3) is 0 Å². The summed E-state index contributed by atoms with van der Waals surface area (Å²) in [4.78, 5) is 0. The van der Waals surface area contributed by atoms with E-state index < -0.39 is 0 Å². The minimum Gasteiger partial charge on any atom is -0.384 e. The van der Waals surface area contributed by atoms with Crippen LogP contribution < -0.4 is 11.1 Å². The Bertz CT molecular complexity index is 547. The Labute approximate surface area is 99.5 Å². The summed E-state index contributed by atoms with van der Waals surface area (Å²) in [6.45, 7) is 0.617. The van der Waals surface area contributed by atoms with Crippen molar-refractivity contribution < 1.29 is 0 Å². The maximum absolute atomic E-state index is 8.68. The molecule has 0 aliphatic carbocycles. The Morgan fingerprint density at radius 2 is 2.12 bits per heavy atom. The number of nitrogen functional groups attached to an aromatic ring is 1. The number of nitrogens with one attached hydrogen (secondary N) is 1. The van der Waals surface area contributed by atoms with E-state index in [-0.39, 0.29) is 0 Å². The average Bonchev–Trinajstić information content (AvgIpc) is 2.68. The number of hydrogen-bond acceptors (Lipinski definition) is 4. The molecule has 0 bridgehead atoms. The fraction of sp³-hybridized carbons (Fsp3) is 0.167. The molecule has 0 radical (unpaired) electrons. The topological polar surface area (TPSA) is 79.7 Å². The first-order valence-electron chi connectivity index (χ1n) is 5.21. The van der Waals surface area contributed by atoms with Crippen molar-refractivity contribution in [1.82, 2.24) is 9.78 Å². The molecular weight excluding hydrogens is 214 g/mol. The van der Waals surface area contributed by atoms with Crippen LogP contribution in [-0.2, 0) is 13.6 Å². The van der Waals surface area contributed by atoms with Crippen molar-refractivity contribution in [3.63, 3.8) is 0 Å². The molecule has 0 aliphatic rings. The van der Waals surface area contributed by atoms with E-state index in [0.717, 1.165) is 11.3 Å². The summed E-state index contributed by atoms with van der Waals surface area (Å²) in [5, 5.41) is 16.0. The molecule has 0 saturated carbocycles. The van der Waals surface area contributed by atoms with E-state index in [9.17, 15) is 0 Å². The zero-order valence-corrected chi connectivity index (χ0v) is 9.51. The Balaban J connectivity index is 2.03. The molecule has 3 N–H and O–H groups in total. The molecule has 1 aromatic heterocycles. The van der Waals surface area contributed by atoms with Crippen LogP contribution in [0.1, 0.15) is 11.1 Å². The van der Waals surface area contributed by atoms with Gasteiger partial charge in [0.1, 0.15) is 5.82 Å². The molecule has 2 aromatic rings. The molecule has 1 aromatic carbocycles. The smallest absolute Gasteiger partial charge is 0.126 e. The molecule has 0 aliphatic heterocycles. The predicted octanol–water partition coefficient (Wildman–Crippen LogP) is 1.49. The molecule has 0 spiro atoms. The molecule has 0 fully saturated rings. The molecule has 1 heterocycles. The van der Waals surface area contributed by atoms with Crippen LogP contribution in [0.2, 0.25) is 0 Å². The standard InChI is InChI=1S/C12H13N5/c1-17-12(14)10(8-16-17)7-15-11-4-2-9(6-13)3-5-11/h2-5,8,15H,7,14H2,1H3. The van der Waals surface area contributed by atoms with E-state index in [1.54, 1.807) is 30.1 Å². The van der Waals surface area contributed by atoms with Crippen LogP contribution in [0.3, 0.4) is 0 Å². The van der Waals surface area contributed by atoms with Gasteiger partial charge in [-0.3, -0.25) is 4.68 Å².